The van der Waals surface area contributed by atoms with E-state index in [4.69, 9.17) is 9.47 Å². The van der Waals surface area contributed by atoms with Gasteiger partial charge in [0.05, 0.1) is 12.7 Å². The number of ether oxygens (including phenoxy) is 2. The summed E-state index contributed by atoms with van der Waals surface area (Å²) in [6, 6.07) is 4.06. The fourth-order valence-corrected chi connectivity index (χ4v) is 2.67. The monoisotopic (exact) mass is 293 g/mol. The summed E-state index contributed by atoms with van der Waals surface area (Å²) in [6.07, 6.45) is 3.63. The van der Waals surface area contributed by atoms with Gasteiger partial charge in [-0.2, -0.15) is 0 Å². The van der Waals surface area contributed by atoms with Gasteiger partial charge in [-0.15, -0.1) is 0 Å². The molecule has 2 N–H and O–H groups in total. The summed E-state index contributed by atoms with van der Waals surface area (Å²) < 4.78 is 11.1. The SMILES string of the molecule is Cc1cc(CNCCCOCC2CCCO2)cc(C)c1O. The molecule has 1 atom stereocenters. The van der Waals surface area contributed by atoms with Crippen molar-refractivity contribution in [2.75, 3.05) is 26.4 Å². The first-order valence-corrected chi connectivity index (χ1v) is 7.86. The van der Waals surface area contributed by atoms with E-state index in [-0.39, 0.29) is 0 Å². The lowest BCUT2D eigenvalue weighted by Crippen LogP contribution is -2.19. The van der Waals surface area contributed by atoms with E-state index in [0.29, 0.717) is 11.9 Å². The van der Waals surface area contributed by atoms with Gasteiger partial charge in [0.1, 0.15) is 5.75 Å². The second kappa shape index (κ2) is 8.37. The number of aryl methyl sites for hydroxylation is 2. The molecule has 0 saturated carbocycles. The van der Waals surface area contributed by atoms with Crippen LogP contribution >= 0.6 is 0 Å². The van der Waals surface area contributed by atoms with Crippen LogP contribution in [-0.2, 0) is 16.0 Å². The van der Waals surface area contributed by atoms with E-state index in [1.165, 1.54) is 12.0 Å². The lowest BCUT2D eigenvalue weighted by molar-refractivity contribution is 0.0166. The summed E-state index contributed by atoms with van der Waals surface area (Å²) in [4.78, 5) is 0. The predicted octanol–water partition coefficient (Wildman–Crippen LogP) is 2.68. The highest BCUT2D eigenvalue weighted by atomic mass is 16.5. The third-order valence-electron chi connectivity index (χ3n) is 3.85. The van der Waals surface area contributed by atoms with Crippen LogP contribution in [0.5, 0.6) is 5.75 Å². The van der Waals surface area contributed by atoms with Crippen molar-refractivity contribution in [1.29, 1.82) is 0 Å². The number of nitrogens with one attached hydrogen (secondary N) is 1. The largest absolute Gasteiger partial charge is 0.507 e. The van der Waals surface area contributed by atoms with E-state index < -0.39 is 0 Å². The summed E-state index contributed by atoms with van der Waals surface area (Å²) >= 11 is 0. The molecule has 1 heterocycles. The molecule has 0 spiro atoms. The zero-order valence-electron chi connectivity index (χ0n) is 13.2. The van der Waals surface area contributed by atoms with Gasteiger partial charge in [0.2, 0.25) is 0 Å². The Labute approximate surface area is 127 Å². The standard InChI is InChI=1S/C17H27NO3/c1-13-9-15(10-14(2)17(13)19)11-18-6-4-7-20-12-16-5-3-8-21-16/h9-10,16,18-19H,3-8,11-12H2,1-2H3. The van der Waals surface area contributed by atoms with Gasteiger partial charge < -0.3 is 19.9 Å². The lowest BCUT2D eigenvalue weighted by Gasteiger charge is -2.11. The smallest absolute Gasteiger partial charge is 0.121 e. The van der Waals surface area contributed by atoms with Crippen molar-refractivity contribution in [2.24, 2.45) is 0 Å². The second-order valence-electron chi connectivity index (χ2n) is 5.82. The summed E-state index contributed by atoms with van der Waals surface area (Å²) in [7, 11) is 0. The fourth-order valence-electron chi connectivity index (χ4n) is 2.67. The first-order chi connectivity index (χ1) is 10.2. The average Bonchev–Trinajstić information content (AvgIpc) is 2.97. The van der Waals surface area contributed by atoms with Crippen LogP contribution in [0.25, 0.3) is 0 Å². The van der Waals surface area contributed by atoms with Gasteiger partial charge in [0.25, 0.3) is 0 Å². The van der Waals surface area contributed by atoms with Crippen molar-refractivity contribution in [1.82, 2.24) is 5.32 Å². The van der Waals surface area contributed by atoms with Gasteiger partial charge in [-0.3, -0.25) is 0 Å². The minimum Gasteiger partial charge on any atom is -0.507 e. The van der Waals surface area contributed by atoms with Crippen LogP contribution in [0, 0.1) is 13.8 Å². The van der Waals surface area contributed by atoms with Crippen molar-refractivity contribution >= 4 is 0 Å². The lowest BCUT2D eigenvalue weighted by atomic mass is 10.1. The van der Waals surface area contributed by atoms with E-state index in [2.05, 4.69) is 5.32 Å². The Morgan fingerprint density at radius 1 is 1.33 bits per heavy atom. The zero-order valence-corrected chi connectivity index (χ0v) is 13.2. The second-order valence-corrected chi connectivity index (χ2v) is 5.82. The Morgan fingerprint density at radius 3 is 2.76 bits per heavy atom. The molecular formula is C17H27NO3. The maximum Gasteiger partial charge on any atom is 0.121 e. The average molecular weight is 293 g/mol. The molecule has 1 unspecified atom stereocenters. The minimum atomic E-state index is 0.320. The van der Waals surface area contributed by atoms with Crippen LogP contribution in [0.4, 0.5) is 0 Å². The van der Waals surface area contributed by atoms with Crippen LogP contribution in [0.2, 0.25) is 0 Å². The Morgan fingerprint density at radius 2 is 2.10 bits per heavy atom. The predicted molar refractivity (Wildman–Crippen MR) is 83.7 cm³/mol. The molecule has 0 aromatic heterocycles. The molecule has 4 nitrogen and oxygen atoms in total. The fraction of sp³-hybridized carbons (Fsp3) is 0.647. The van der Waals surface area contributed by atoms with Crippen molar-refractivity contribution < 1.29 is 14.6 Å². The minimum absolute atomic E-state index is 0.320. The number of aromatic hydroxyl groups is 1. The molecule has 118 valence electrons. The highest BCUT2D eigenvalue weighted by Gasteiger charge is 2.14. The van der Waals surface area contributed by atoms with Crippen molar-refractivity contribution in [3.05, 3.63) is 28.8 Å². The van der Waals surface area contributed by atoms with E-state index in [1.807, 2.05) is 26.0 Å². The quantitative estimate of drug-likeness (QED) is 0.724. The molecule has 2 rings (SSSR count). The molecule has 1 aliphatic rings. The van der Waals surface area contributed by atoms with Crippen LogP contribution in [0.3, 0.4) is 0 Å². The van der Waals surface area contributed by atoms with Gasteiger partial charge >= 0.3 is 0 Å². The Bertz CT molecular complexity index is 419. The van der Waals surface area contributed by atoms with Crippen molar-refractivity contribution in [2.45, 2.75) is 45.8 Å². The third-order valence-corrected chi connectivity index (χ3v) is 3.85. The van der Waals surface area contributed by atoms with Gasteiger partial charge in [-0.05, 0) is 56.3 Å². The first-order valence-electron chi connectivity index (χ1n) is 7.86. The molecule has 1 fully saturated rings. The number of benzene rings is 1. The molecule has 1 aromatic rings. The normalized spacial score (nSPS) is 18.3. The summed E-state index contributed by atoms with van der Waals surface area (Å²) in [5, 5.41) is 13.2. The molecule has 4 heteroatoms. The van der Waals surface area contributed by atoms with E-state index >= 15 is 0 Å². The highest BCUT2D eigenvalue weighted by Crippen LogP contribution is 2.22. The topological polar surface area (TPSA) is 50.7 Å². The Hall–Kier alpha value is -1.10. The van der Waals surface area contributed by atoms with E-state index in [9.17, 15) is 5.11 Å². The molecule has 1 aliphatic heterocycles. The van der Waals surface area contributed by atoms with Gasteiger partial charge in [0, 0.05) is 19.8 Å². The molecule has 0 amide bonds. The number of phenolic OH excluding ortho intramolecular Hbond substituents is 1. The van der Waals surface area contributed by atoms with Crippen LogP contribution in [0.15, 0.2) is 12.1 Å². The number of rotatable bonds is 8. The molecule has 0 radical (unpaired) electrons. The van der Waals surface area contributed by atoms with Crippen molar-refractivity contribution in [3.63, 3.8) is 0 Å². The maximum absolute atomic E-state index is 9.74. The van der Waals surface area contributed by atoms with Gasteiger partial charge in [-0.25, -0.2) is 0 Å². The molecular weight excluding hydrogens is 266 g/mol. The van der Waals surface area contributed by atoms with Gasteiger partial charge in [-0.1, -0.05) is 12.1 Å². The summed E-state index contributed by atoms with van der Waals surface area (Å²) in [6.45, 7) is 8.03. The molecule has 1 saturated heterocycles. The van der Waals surface area contributed by atoms with Crippen LogP contribution in [-0.4, -0.2) is 37.6 Å². The number of hydrogen-bond acceptors (Lipinski definition) is 4. The highest BCUT2D eigenvalue weighted by molar-refractivity contribution is 5.42. The maximum atomic E-state index is 9.74. The van der Waals surface area contributed by atoms with Crippen LogP contribution < -0.4 is 5.32 Å². The molecule has 0 aliphatic carbocycles. The summed E-state index contributed by atoms with van der Waals surface area (Å²) in [5.74, 6) is 0.404. The summed E-state index contributed by atoms with van der Waals surface area (Å²) in [5.41, 5.74) is 3.08. The van der Waals surface area contributed by atoms with E-state index in [0.717, 1.165) is 56.9 Å². The zero-order chi connectivity index (χ0) is 15.1. The van der Waals surface area contributed by atoms with Crippen LogP contribution in [0.1, 0.15) is 36.0 Å². The van der Waals surface area contributed by atoms with E-state index in [1.54, 1.807) is 0 Å². The van der Waals surface area contributed by atoms with Crippen molar-refractivity contribution in [3.8, 4) is 5.75 Å². The molecule has 21 heavy (non-hydrogen) atoms. The Balaban J connectivity index is 1.55. The van der Waals surface area contributed by atoms with Gasteiger partial charge in [0.15, 0.2) is 0 Å². The number of hydrogen-bond donors (Lipinski definition) is 2. The third kappa shape index (κ3) is 5.30. The molecule has 1 aromatic carbocycles. The Kier molecular flexibility index (Phi) is 6.49. The number of phenols is 1. The molecule has 0 bridgehead atoms. The first kappa shape index (κ1) is 16.3.